The van der Waals surface area contributed by atoms with Crippen LogP contribution in [0.15, 0.2) is 78.6 Å². The highest BCUT2D eigenvalue weighted by Gasteiger charge is 2.49. The summed E-state index contributed by atoms with van der Waals surface area (Å²) in [4.78, 5) is 56.8. The van der Waals surface area contributed by atoms with Crippen molar-refractivity contribution < 1.29 is 24.0 Å². The molecule has 0 spiro atoms. The first-order valence-corrected chi connectivity index (χ1v) is 12.7. The van der Waals surface area contributed by atoms with E-state index in [1.165, 1.54) is 40.9 Å². The average molecular weight is 531 g/mol. The molecule has 2 amide bonds. The molecule has 3 aromatic rings. The first kappa shape index (κ1) is 25.2. The number of pyridine rings is 1. The third-order valence-electron chi connectivity index (χ3n) is 6.21. The smallest absolute Gasteiger partial charge is 0.356 e. The number of non-ortho nitro benzene ring substituents is 1. The Balaban J connectivity index is 1.36. The third-order valence-corrected chi connectivity index (χ3v) is 7.52. The zero-order valence-electron chi connectivity index (χ0n) is 20.3. The van der Waals surface area contributed by atoms with Gasteiger partial charge in [-0.05, 0) is 54.4 Å². The van der Waals surface area contributed by atoms with Crippen LogP contribution in [0.2, 0.25) is 0 Å². The number of carbonyl (C=O) groups is 3. The van der Waals surface area contributed by atoms with Gasteiger partial charge in [0.2, 0.25) is 5.91 Å². The van der Waals surface area contributed by atoms with Crippen LogP contribution in [0.1, 0.15) is 34.8 Å². The van der Waals surface area contributed by atoms with Crippen molar-refractivity contribution in [2.75, 3.05) is 11.4 Å². The fourth-order valence-electron chi connectivity index (χ4n) is 4.22. The normalized spacial score (nSPS) is 16.1. The minimum Gasteiger partial charge on any atom is -0.456 e. The number of fused-ring (bicyclic) bond motifs is 1. The van der Waals surface area contributed by atoms with Gasteiger partial charge in [-0.1, -0.05) is 30.0 Å². The van der Waals surface area contributed by atoms with Gasteiger partial charge in [0.1, 0.15) is 18.1 Å². The summed E-state index contributed by atoms with van der Waals surface area (Å²) in [6.07, 6.45) is 1.95. The van der Waals surface area contributed by atoms with Gasteiger partial charge in [0.25, 0.3) is 11.6 Å². The van der Waals surface area contributed by atoms with Crippen LogP contribution in [0.25, 0.3) is 4.91 Å². The fourth-order valence-corrected chi connectivity index (χ4v) is 5.61. The monoisotopic (exact) mass is 530 g/mol. The highest BCUT2D eigenvalue weighted by atomic mass is 32.2. The molecule has 0 bridgehead atoms. The maximum atomic E-state index is 13.1. The van der Waals surface area contributed by atoms with E-state index >= 15 is 0 Å². The maximum Gasteiger partial charge on any atom is 0.356 e. The van der Waals surface area contributed by atoms with Crippen LogP contribution in [0.5, 0.6) is 0 Å². The number of esters is 1. The minimum absolute atomic E-state index is 0.0599. The number of β-lactam (4-membered cyclic amide) rings is 1. The van der Waals surface area contributed by atoms with Gasteiger partial charge in [-0.2, -0.15) is 0 Å². The van der Waals surface area contributed by atoms with Crippen LogP contribution in [0.3, 0.4) is 0 Å². The number of nitrogens with zero attached hydrogens (tertiary/aromatic N) is 4. The van der Waals surface area contributed by atoms with E-state index < -0.39 is 10.9 Å². The van der Waals surface area contributed by atoms with Gasteiger partial charge in [0.05, 0.1) is 16.7 Å². The second-order valence-corrected chi connectivity index (χ2v) is 9.72. The Morgan fingerprint density at radius 1 is 1.13 bits per heavy atom. The average Bonchev–Trinajstić information content (AvgIpc) is 3.25. The lowest BCUT2D eigenvalue weighted by molar-refractivity contribution is -0.384. The molecule has 11 heteroatoms. The van der Waals surface area contributed by atoms with Crippen LogP contribution in [0.4, 0.5) is 11.5 Å². The summed E-state index contributed by atoms with van der Waals surface area (Å²) < 4.78 is 5.48. The van der Waals surface area contributed by atoms with Gasteiger partial charge in [0, 0.05) is 35.3 Å². The van der Waals surface area contributed by atoms with E-state index in [2.05, 4.69) is 4.98 Å². The zero-order chi connectivity index (χ0) is 26.8. The van der Waals surface area contributed by atoms with E-state index in [9.17, 15) is 24.5 Å². The summed E-state index contributed by atoms with van der Waals surface area (Å²) in [6.45, 7) is 2.22. The van der Waals surface area contributed by atoms with E-state index in [4.69, 9.17) is 4.74 Å². The summed E-state index contributed by atoms with van der Waals surface area (Å²) in [5.41, 5.74) is 1.85. The number of benzene rings is 2. The van der Waals surface area contributed by atoms with E-state index in [0.29, 0.717) is 40.4 Å². The number of amides is 2. The number of anilines is 1. The first-order valence-electron chi connectivity index (χ1n) is 11.8. The molecule has 10 nitrogen and oxygen atoms in total. The topological polar surface area (TPSA) is 123 Å². The summed E-state index contributed by atoms with van der Waals surface area (Å²) in [6, 6.07) is 18.0. The van der Waals surface area contributed by atoms with Crippen molar-refractivity contribution in [1.82, 2.24) is 9.88 Å². The number of nitro benzene ring substituents is 1. The molecule has 38 heavy (non-hydrogen) atoms. The molecule has 5 rings (SSSR count). The van der Waals surface area contributed by atoms with E-state index in [0.717, 1.165) is 0 Å². The lowest BCUT2D eigenvalue weighted by Crippen LogP contribution is -2.48. The molecule has 192 valence electrons. The van der Waals surface area contributed by atoms with E-state index in [1.54, 1.807) is 47.5 Å². The lowest BCUT2D eigenvalue weighted by atomic mass is 10.1. The highest BCUT2D eigenvalue weighted by molar-refractivity contribution is 8.09. The molecule has 1 saturated heterocycles. The van der Waals surface area contributed by atoms with Crippen LogP contribution in [-0.4, -0.2) is 44.5 Å². The number of carbonyl (C=O) groups excluding carboxylic acids is 3. The molecule has 2 aliphatic rings. The molecule has 0 aliphatic carbocycles. The third kappa shape index (κ3) is 4.75. The molecular formula is C27H22N4O6S. The molecule has 0 radical (unpaired) electrons. The number of hydrogen-bond acceptors (Lipinski definition) is 8. The van der Waals surface area contributed by atoms with Gasteiger partial charge < -0.3 is 4.74 Å². The van der Waals surface area contributed by atoms with Crippen molar-refractivity contribution in [1.29, 1.82) is 0 Å². The van der Waals surface area contributed by atoms with E-state index in [1.807, 2.05) is 13.0 Å². The minimum atomic E-state index is -0.658. The van der Waals surface area contributed by atoms with Crippen LogP contribution < -0.4 is 4.90 Å². The van der Waals surface area contributed by atoms with Crippen molar-refractivity contribution >= 4 is 46.0 Å². The first-order chi connectivity index (χ1) is 18.4. The van der Waals surface area contributed by atoms with Crippen molar-refractivity contribution in [3.63, 3.8) is 0 Å². The fraction of sp³-hybridized carbons (Fsp3) is 0.185. The zero-order valence-corrected chi connectivity index (χ0v) is 21.1. The lowest BCUT2D eigenvalue weighted by Gasteiger charge is -2.34. The number of nitro groups is 1. The quantitative estimate of drug-likeness (QED) is 0.182. The number of hydrogen-bond donors (Lipinski definition) is 0. The predicted molar refractivity (Wildman–Crippen MR) is 141 cm³/mol. The second kappa shape index (κ2) is 10.5. The van der Waals surface area contributed by atoms with Crippen molar-refractivity contribution in [3.05, 3.63) is 105 Å². The number of aromatic nitrogens is 1. The van der Waals surface area contributed by atoms with Crippen LogP contribution in [-0.2, 0) is 20.9 Å². The molecule has 1 atom stereocenters. The molecule has 2 aliphatic heterocycles. The molecule has 1 aromatic heterocycles. The molecular weight excluding hydrogens is 508 g/mol. The van der Waals surface area contributed by atoms with Gasteiger partial charge >= 0.3 is 5.97 Å². The Hall–Kier alpha value is -4.51. The Bertz CT molecular complexity index is 1440. The van der Waals surface area contributed by atoms with Crippen molar-refractivity contribution in [3.8, 4) is 0 Å². The maximum absolute atomic E-state index is 13.1. The molecule has 0 N–H and O–H groups in total. The molecule has 2 aromatic carbocycles. The Morgan fingerprint density at radius 2 is 1.87 bits per heavy atom. The summed E-state index contributed by atoms with van der Waals surface area (Å²) in [5.74, 6) is -0.471. The molecule has 0 saturated carbocycles. The summed E-state index contributed by atoms with van der Waals surface area (Å²) in [5, 5.41) is 10.7. The number of ether oxygens (including phenoxy) is 1. The van der Waals surface area contributed by atoms with Gasteiger partial charge in [-0.25, -0.2) is 9.78 Å². The van der Waals surface area contributed by atoms with Crippen LogP contribution in [0, 0.1) is 10.1 Å². The standard InChI is InChI=1S/C27H22N4O6S/c1-2-29(21-5-3-4-14-28-21)26(33)19-10-8-18(9-11-19)25-24(30-22(32)15-23(30)38-25)27(34)37-16-17-6-12-20(13-7-17)31(35)36/h3-14,23H,2,15-16H2,1H3/t23-/m0/s1. The number of thioether (sulfide) groups is 1. The Kier molecular flexibility index (Phi) is 6.93. The molecule has 3 heterocycles. The SMILES string of the molecule is CCN(C(=O)c1ccc(C2=C(C(=O)OCc3ccc([N+](=O)[O-])cc3)N3C(=O)C[C@@H]3S2)cc1)c1ccccn1. The number of rotatable bonds is 8. The second-order valence-electron chi connectivity index (χ2n) is 8.53. The summed E-state index contributed by atoms with van der Waals surface area (Å²) in [7, 11) is 0. The van der Waals surface area contributed by atoms with Gasteiger partial charge in [0.15, 0.2) is 0 Å². The molecule has 1 fully saturated rings. The Labute approximate surface area is 222 Å². The largest absolute Gasteiger partial charge is 0.456 e. The van der Waals surface area contributed by atoms with Gasteiger partial charge in [-0.15, -0.1) is 0 Å². The van der Waals surface area contributed by atoms with Crippen LogP contribution >= 0.6 is 11.8 Å². The van der Waals surface area contributed by atoms with E-state index in [-0.39, 0.29) is 35.2 Å². The summed E-state index contributed by atoms with van der Waals surface area (Å²) >= 11 is 1.41. The van der Waals surface area contributed by atoms with Crippen molar-refractivity contribution in [2.24, 2.45) is 0 Å². The predicted octanol–water partition coefficient (Wildman–Crippen LogP) is 4.37. The molecule has 0 unspecified atom stereocenters. The highest BCUT2D eigenvalue weighted by Crippen LogP contribution is 2.50. The van der Waals surface area contributed by atoms with Crippen molar-refractivity contribution in [2.45, 2.75) is 25.3 Å². The Morgan fingerprint density at radius 3 is 2.47 bits per heavy atom. The van der Waals surface area contributed by atoms with Gasteiger partial charge in [-0.3, -0.25) is 29.5 Å².